The minimum absolute atomic E-state index is 0.0332. The van der Waals surface area contributed by atoms with Crippen LogP contribution in [0.1, 0.15) is 24.1 Å². The predicted octanol–water partition coefficient (Wildman–Crippen LogP) is 3.35. The van der Waals surface area contributed by atoms with Crippen molar-refractivity contribution in [2.75, 3.05) is 7.05 Å². The Bertz CT molecular complexity index is 522. The summed E-state index contributed by atoms with van der Waals surface area (Å²) in [4.78, 5) is 2.20. The third kappa shape index (κ3) is 3.65. The average Bonchev–Trinajstić information content (AvgIpc) is 2.42. The molecule has 0 fully saturated rings. The fraction of sp³-hybridized carbons (Fsp3) is 0.294. The van der Waals surface area contributed by atoms with Crippen LogP contribution in [0.15, 0.2) is 54.6 Å². The Hall–Kier alpha value is -1.71. The number of likely N-dealkylation sites (N-methyl/N-ethyl adjacent to an activating group) is 1. The molecule has 0 saturated heterocycles. The molecule has 106 valence electrons. The number of hydrogen-bond donors (Lipinski definition) is 1. The topological polar surface area (TPSA) is 29.3 Å². The third-order valence-electron chi connectivity index (χ3n) is 3.46. The van der Waals surface area contributed by atoms with E-state index in [0.29, 0.717) is 0 Å². The van der Waals surface area contributed by atoms with Crippen LogP contribution >= 0.6 is 0 Å². The lowest BCUT2D eigenvalue weighted by Crippen LogP contribution is -2.36. The Kier molecular flexibility index (Phi) is 4.88. The zero-order valence-corrected chi connectivity index (χ0v) is 12.0. The Labute approximate surface area is 120 Å². The van der Waals surface area contributed by atoms with E-state index in [2.05, 4.69) is 17.0 Å². The molecular weight excluding hydrogens is 251 g/mol. The smallest absolute Gasteiger partial charge is 0.123 e. The van der Waals surface area contributed by atoms with Gasteiger partial charge >= 0.3 is 0 Å². The number of rotatable bonds is 5. The summed E-state index contributed by atoms with van der Waals surface area (Å²) in [5.41, 5.74) is 8.41. The molecule has 0 saturated carbocycles. The average molecular weight is 272 g/mol. The fourth-order valence-corrected chi connectivity index (χ4v) is 2.59. The normalized spacial score (nSPS) is 14.2. The van der Waals surface area contributed by atoms with E-state index in [4.69, 9.17) is 5.73 Å². The van der Waals surface area contributed by atoms with Gasteiger partial charge in [0.25, 0.3) is 0 Å². The van der Waals surface area contributed by atoms with Crippen LogP contribution in [-0.4, -0.2) is 18.0 Å². The quantitative estimate of drug-likeness (QED) is 0.904. The third-order valence-corrected chi connectivity index (χ3v) is 3.46. The van der Waals surface area contributed by atoms with Crippen molar-refractivity contribution in [2.45, 2.75) is 25.6 Å². The number of halogens is 1. The van der Waals surface area contributed by atoms with Crippen molar-refractivity contribution in [1.29, 1.82) is 0 Å². The van der Waals surface area contributed by atoms with Crippen molar-refractivity contribution in [3.63, 3.8) is 0 Å². The summed E-state index contributed by atoms with van der Waals surface area (Å²) in [6.45, 7) is 2.79. The van der Waals surface area contributed by atoms with Crippen molar-refractivity contribution in [1.82, 2.24) is 4.90 Å². The SMILES string of the molecule is CC(N)C(c1ccc(F)cc1)N(C)Cc1ccccc1. The Morgan fingerprint density at radius 3 is 2.20 bits per heavy atom. The molecule has 0 heterocycles. The molecule has 0 aliphatic carbocycles. The van der Waals surface area contributed by atoms with Gasteiger partial charge in [-0.3, -0.25) is 4.90 Å². The van der Waals surface area contributed by atoms with Crippen molar-refractivity contribution < 1.29 is 4.39 Å². The van der Waals surface area contributed by atoms with E-state index in [1.807, 2.05) is 44.3 Å². The van der Waals surface area contributed by atoms with Crippen LogP contribution < -0.4 is 5.73 Å². The van der Waals surface area contributed by atoms with Gasteiger partial charge in [-0.2, -0.15) is 0 Å². The molecule has 0 aromatic heterocycles. The molecule has 0 aliphatic rings. The first kappa shape index (κ1) is 14.7. The maximum atomic E-state index is 13.1. The number of benzene rings is 2. The highest BCUT2D eigenvalue weighted by Gasteiger charge is 2.21. The van der Waals surface area contributed by atoms with Gasteiger partial charge in [0.15, 0.2) is 0 Å². The van der Waals surface area contributed by atoms with Gasteiger partial charge in [0.2, 0.25) is 0 Å². The Morgan fingerprint density at radius 1 is 1.05 bits per heavy atom. The molecular formula is C17H21FN2. The summed E-state index contributed by atoms with van der Waals surface area (Å²) >= 11 is 0. The monoisotopic (exact) mass is 272 g/mol. The molecule has 20 heavy (non-hydrogen) atoms. The molecule has 0 radical (unpaired) electrons. The zero-order chi connectivity index (χ0) is 14.5. The number of nitrogens with zero attached hydrogens (tertiary/aromatic N) is 1. The molecule has 0 aliphatic heterocycles. The van der Waals surface area contributed by atoms with E-state index in [1.54, 1.807) is 0 Å². The molecule has 2 N–H and O–H groups in total. The van der Waals surface area contributed by atoms with E-state index >= 15 is 0 Å². The van der Waals surface area contributed by atoms with Gasteiger partial charge in [-0.1, -0.05) is 42.5 Å². The fourth-order valence-electron chi connectivity index (χ4n) is 2.59. The summed E-state index contributed by atoms with van der Waals surface area (Å²) in [6, 6.07) is 16.9. The van der Waals surface area contributed by atoms with E-state index in [-0.39, 0.29) is 17.9 Å². The maximum absolute atomic E-state index is 13.1. The largest absolute Gasteiger partial charge is 0.326 e. The van der Waals surface area contributed by atoms with Gasteiger partial charge in [0, 0.05) is 18.6 Å². The highest BCUT2D eigenvalue weighted by atomic mass is 19.1. The summed E-state index contributed by atoms with van der Waals surface area (Å²) in [6.07, 6.45) is 0. The Morgan fingerprint density at radius 2 is 1.65 bits per heavy atom. The molecule has 2 rings (SSSR count). The number of nitrogens with two attached hydrogens (primary N) is 1. The van der Waals surface area contributed by atoms with Gasteiger partial charge in [0.1, 0.15) is 5.82 Å². The van der Waals surface area contributed by atoms with Crippen LogP contribution in [-0.2, 0) is 6.54 Å². The molecule has 2 nitrogen and oxygen atoms in total. The maximum Gasteiger partial charge on any atom is 0.123 e. The van der Waals surface area contributed by atoms with Crippen LogP contribution in [0.4, 0.5) is 4.39 Å². The van der Waals surface area contributed by atoms with E-state index in [0.717, 1.165) is 12.1 Å². The van der Waals surface area contributed by atoms with Gasteiger partial charge in [0.05, 0.1) is 0 Å². The van der Waals surface area contributed by atoms with Crippen LogP contribution in [0.5, 0.6) is 0 Å². The van der Waals surface area contributed by atoms with E-state index in [1.165, 1.54) is 17.7 Å². The van der Waals surface area contributed by atoms with Gasteiger partial charge in [-0.15, -0.1) is 0 Å². The van der Waals surface area contributed by atoms with E-state index < -0.39 is 0 Å². The molecule has 0 amide bonds. The first-order valence-corrected chi connectivity index (χ1v) is 6.83. The molecule has 0 bridgehead atoms. The highest BCUT2D eigenvalue weighted by molar-refractivity contribution is 5.22. The van der Waals surface area contributed by atoms with Crippen molar-refractivity contribution in [3.05, 3.63) is 71.5 Å². The van der Waals surface area contributed by atoms with Gasteiger partial charge in [-0.25, -0.2) is 4.39 Å². The predicted molar refractivity (Wildman–Crippen MR) is 80.7 cm³/mol. The number of hydrogen-bond acceptors (Lipinski definition) is 2. The second kappa shape index (κ2) is 6.64. The molecule has 0 spiro atoms. The minimum Gasteiger partial charge on any atom is -0.326 e. The second-order valence-electron chi connectivity index (χ2n) is 5.26. The lowest BCUT2D eigenvalue weighted by molar-refractivity contribution is 0.211. The molecule has 3 heteroatoms. The zero-order valence-electron chi connectivity index (χ0n) is 12.0. The summed E-state index contributed by atoms with van der Waals surface area (Å²) in [5.74, 6) is -0.220. The first-order valence-electron chi connectivity index (χ1n) is 6.83. The molecule has 2 aromatic carbocycles. The summed E-state index contributed by atoms with van der Waals surface area (Å²) in [5, 5.41) is 0. The molecule has 2 atom stereocenters. The van der Waals surface area contributed by atoms with Crippen LogP contribution in [0, 0.1) is 5.82 Å². The second-order valence-corrected chi connectivity index (χ2v) is 5.26. The van der Waals surface area contributed by atoms with Gasteiger partial charge < -0.3 is 5.73 Å². The lowest BCUT2D eigenvalue weighted by atomic mass is 9.99. The lowest BCUT2D eigenvalue weighted by Gasteiger charge is -2.31. The van der Waals surface area contributed by atoms with Crippen LogP contribution in [0.3, 0.4) is 0 Å². The standard InChI is InChI=1S/C17H21FN2/c1-13(19)17(15-8-10-16(18)11-9-15)20(2)12-14-6-4-3-5-7-14/h3-11,13,17H,12,19H2,1-2H3. The Balaban J connectivity index is 2.18. The molecule has 2 aromatic rings. The summed E-state index contributed by atoms with van der Waals surface area (Å²) < 4.78 is 13.1. The molecule has 2 unspecified atom stereocenters. The van der Waals surface area contributed by atoms with E-state index in [9.17, 15) is 4.39 Å². The van der Waals surface area contributed by atoms with Crippen LogP contribution in [0.25, 0.3) is 0 Å². The minimum atomic E-state index is -0.220. The van der Waals surface area contributed by atoms with Gasteiger partial charge in [-0.05, 0) is 37.2 Å². The summed E-state index contributed by atoms with van der Waals surface area (Å²) in [7, 11) is 2.05. The van der Waals surface area contributed by atoms with Crippen molar-refractivity contribution in [2.24, 2.45) is 5.73 Å². The highest BCUT2D eigenvalue weighted by Crippen LogP contribution is 2.24. The van der Waals surface area contributed by atoms with Crippen molar-refractivity contribution >= 4 is 0 Å². The first-order chi connectivity index (χ1) is 9.58. The van der Waals surface area contributed by atoms with Crippen LogP contribution in [0.2, 0.25) is 0 Å². The van der Waals surface area contributed by atoms with Crippen molar-refractivity contribution in [3.8, 4) is 0 Å².